The lowest BCUT2D eigenvalue weighted by atomic mass is 9.79. The minimum absolute atomic E-state index is 0.412. The van der Waals surface area contributed by atoms with Crippen molar-refractivity contribution >= 4 is 11.3 Å². The van der Waals surface area contributed by atoms with Gasteiger partial charge < -0.3 is 5.32 Å². The number of rotatable bonds is 7. The average molecular weight is 240 g/mol. The van der Waals surface area contributed by atoms with Crippen molar-refractivity contribution < 1.29 is 0 Å². The molecule has 0 saturated carbocycles. The molecule has 0 aliphatic heterocycles. The Bertz CT molecular complexity index is 303. The van der Waals surface area contributed by atoms with Gasteiger partial charge in [-0.25, -0.2) is 4.98 Å². The molecule has 0 aliphatic rings. The summed E-state index contributed by atoms with van der Waals surface area (Å²) in [7, 11) is 0. The van der Waals surface area contributed by atoms with Crippen LogP contribution in [0.15, 0.2) is 6.20 Å². The van der Waals surface area contributed by atoms with Crippen LogP contribution in [0.1, 0.15) is 43.5 Å². The molecule has 1 N–H and O–H groups in total. The summed E-state index contributed by atoms with van der Waals surface area (Å²) >= 11 is 1.84. The zero-order valence-corrected chi connectivity index (χ0v) is 11.8. The molecule has 2 nitrogen and oxygen atoms in total. The van der Waals surface area contributed by atoms with E-state index in [4.69, 9.17) is 0 Å². The first-order valence-electron chi connectivity index (χ1n) is 6.27. The van der Waals surface area contributed by atoms with Crippen LogP contribution in [0.5, 0.6) is 0 Å². The third-order valence-electron chi connectivity index (χ3n) is 3.47. The van der Waals surface area contributed by atoms with Crippen molar-refractivity contribution in [1.29, 1.82) is 0 Å². The number of thiazole rings is 1. The molecular formula is C13H24N2S. The fraction of sp³-hybridized carbons (Fsp3) is 0.769. The van der Waals surface area contributed by atoms with Crippen molar-refractivity contribution in [2.24, 2.45) is 5.41 Å². The molecule has 0 atom stereocenters. The Kier molecular flexibility index (Phi) is 5.42. The Morgan fingerprint density at radius 2 is 2.00 bits per heavy atom. The van der Waals surface area contributed by atoms with Gasteiger partial charge in [0, 0.05) is 17.6 Å². The van der Waals surface area contributed by atoms with Gasteiger partial charge in [-0.2, -0.15) is 0 Å². The van der Waals surface area contributed by atoms with Gasteiger partial charge in [0.05, 0.1) is 5.01 Å². The van der Waals surface area contributed by atoms with Gasteiger partial charge in [0.1, 0.15) is 0 Å². The SMILES string of the molecule is CCNCC(CC)(CC)Cc1cnc(C)s1. The molecule has 3 heteroatoms. The monoisotopic (exact) mass is 240 g/mol. The van der Waals surface area contributed by atoms with Crippen molar-refractivity contribution in [1.82, 2.24) is 10.3 Å². The molecule has 0 radical (unpaired) electrons. The molecule has 0 saturated heterocycles. The Labute approximate surface area is 103 Å². The molecule has 0 fully saturated rings. The van der Waals surface area contributed by atoms with Crippen LogP contribution in [0.2, 0.25) is 0 Å². The lowest BCUT2D eigenvalue weighted by Gasteiger charge is -2.31. The molecule has 0 amide bonds. The first kappa shape index (κ1) is 13.7. The van der Waals surface area contributed by atoms with E-state index in [0.717, 1.165) is 13.1 Å². The minimum atomic E-state index is 0.412. The van der Waals surface area contributed by atoms with Crippen LogP contribution in [0.3, 0.4) is 0 Å². The van der Waals surface area contributed by atoms with Gasteiger partial charge in [0.2, 0.25) is 0 Å². The van der Waals surface area contributed by atoms with Gasteiger partial charge in [-0.3, -0.25) is 0 Å². The largest absolute Gasteiger partial charge is 0.316 e. The lowest BCUT2D eigenvalue weighted by molar-refractivity contribution is 0.250. The highest BCUT2D eigenvalue weighted by Crippen LogP contribution is 2.32. The van der Waals surface area contributed by atoms with Crippen LogP contribution in [0.25, 0.3) is 0 Å². The average Bonchev–Trinajstić information content (AvgIpc) is 2.70. The molecule has 92 valence electrons. The Morgan fingerprint density at radius 3 is 2.44 bits per heavy atom. The minimum Gasteiger partial charge on any atom is -0.316 e. The first-order valence-corrected chi connectivity index (χ1v) is 7.09. The van der Waals surface area contributed by atoms with Crippen molar-refractivity contribution in [2.75, 3.05) is 13.1 Å². The molecule has 1 heterocycles. The Balaban J connectivity index is 2.69. The predicted molar refractivity (Wildman–Crippen MR) is 72.1 cm³/mol. The highest BCUT2D eigenvalue weighted by atomic mass is 32.1. The van der Waals surface area contributed by atoms with E-state index in [9.17, 15) is 0 Å². The predicted octanol–water partition coefficient (Wildman–Crippen LogP) is 3.41. The third-order valence-corrected chi connectivity index (χ3v) is 4.38. The molecule has 0 unspecified atom stereocenters. The fourth-order valence-corrected chi connectivity index (χ4v) is 3.03. The molecule has 0 aliphatic carbocycles. The standard InChI is InChI=1S/C13H24N2S/c1-5-13(6-2,10-14-7-3)8-12-9-15-11(4)16-12/h9,14H,5-8,10H2,1-4H3. The summed E-state index contributed by atoms with van der Waals surface area (Å²) < 4.78 is 0. The van der Waals surface area contributed by atoms with Crippen LogP contribution < -0.4 is 5.32 Å². The molecular weight excluding hydrogens is 216 g/mol. The van der Waals surface area contributed by atoms with E-state index in [0.29, 0.717) is 5.41 Å². The van der Waals surface area contributed by atoms with E-state index >= 15 is 0 Å². The van der Waals surface area contributed by atoms with Gasteiger partial charge >= 0.3 is 0 Å². The van der Waals surface area contributed by atoms with E-state index in [1.54, 1.807) is 0 Å². The van der Waals surface area contributed by atoms with Crippen molar-refractivity contribution in [2.45, 2.75) is 47.0 Å². The van der Waals surface area contributed by atoms with Gasteiger partial charge in [-0.05, 0) is 38.1 Å². The summed E-state index contributed by atoms with van der Waals surface area (Å²) in [5, 5.41) is 4.68. The number of hydrogen-bond donors (Lipinski definition) is 1. The van der Waals surface area contributed by atoms with Crippen molar-refractivity contribution in [3.05, 3.63) is 16.1 Å². The lowest BCUT2D eigenvalue weighted by Crippen LogP contribution is -2.35. The normalized spacial score (nSPS) is 12.0. The Morgan fingerprint density at radius 1 is 1.31 bits per heavy atom. The number of nitrogens with zero attached hydrogens (tertiary/aromatic N) is 1. The van der Waals surface area contributed by atoms with E-state index in [-0.39, 0.29) is 0 Å². The van der Waals surface area contributed by atoms with Crippen LogP contribution in [-0.2, 0) is 6.42 Å². The summed E-state index contributed by atoms with van der Waals surface area (Å²) in [4.78, 5) is 5.78. The highest BCUT2D eigenvalue weighted by Gasteiger charge is 2.26. The van der Waals surface area contributed by atoms with Gasteiger partial charge in [-0.15, -0.1) is 11.3 Å². The first-order chi connectivity index (χ1) is 7.65. The molecule has 1 aromatic rings. The third kappa shape index (κ3) is 3.56. The van der Waals surface area contributed by atoms with E-state index in [2.05, 4.69) is 38.0 Å². The van der Waals surface area contributed by atoms with Crippen molar-refractivity contribution in [3.8, 4) is 0 Å². The molecule has 1 aromatic heterocycles. The smallest absolute Gasteiger partial charge is 0.0896 e. The maximum absolute atomic E-state index is 4.35. The van der Waals surface area contributed by atoms with Crippen LogP contribution in [-0.4, -0.2) is 18.1 Å². The quantitative estimate of drug-likeness (QED) is 0.790. The van der Waals surface area contributed by atoms with Crippen molar-refractivity contribution in [3.63, 3.8) is 0 Å². The second-order valence-electron chi connectivity index (χ2n) is 4.51. The maximum atomic E-state index is 4.35. The summed E-state index contributed by atoms with van der Waals surface area (Å²) in [6.07, 6.45) is 5.67. The van der Waals surface area contributed by atoms with Gasteiger partial charge in [-0.1, -0.05) is 20.8 Å². The molecule has 1 rings (SSSR count). The second kappa shape index (κ2) is 6.36. The second-order valence-corrected chi connectivity index (χ2v) is 5.83. The molecule has 0 spiro atoms. The molecule has 0 aromatic carbocycles. The zero-order chi connectivity index (χ0) is 12.0. The number of nitrogens with one attached hydrogen (secondary N) is 1. The topological polar surface area (TPSA) is 24.9 Å². The molecule has 16 heavy (non-hydrogen) atoms. The summed E-state index contributed by atoms with van der Waals surface area (Å²) in [5.74, 6) is 0. The van der Waals surface area contributed by atoms with E-state index in [1.807, 2.05) is 17.5 Å². The maximum Gasteiger partial charge on any atom is 0.0896 e. The highest BCUT2D eigenvalue weighted by molar-refractivity contribution is 7.11. The Hall–Kier alpha value is -0.410. The van der Waals surface area contributed by atoms with Gasteiger partial charge in [0.15, 0.2) is 0 Å². The zero-order valence-electron chi connectivity index (χ0n) is 11.0. The van der Waals surface area contributed by atoms with Crippen LogP contribution in [0.4, 0.5) is 0 Å². The number of hydrogen-bond acceptors (Lipinski definition) is 3. The number of aryl methyl sites for hydroxylation is 1. The van der Waals surface area contributed by atoms with Gasteiger partial charge in [0.25, 0.3) is 0 Å². The molecule has 0 bridgehead atoms. The fourth-order valence-electron chi connectivity index (χ4n) is 2.06. The summed E-state index contributed by atoms with van der Waals surface area (Å²) in [6.45, 7) is 11.0. The summed E-state index contributed by atoms with van der Waals surface area (Å²) in [5.41, 5.74) is 0.412. The van der Waals surface area contributed by atoms with E-state index < -0.39 is 0 Å². The van der Waals surface area contributed by atoms with E-state index in [1.165, 1.54) is 29.1 Å². The number of aromatic nitrogens is 1. The van der Waals surface area contributed by atoms with Crippen LogP contribution in [0, 0.1) is 12.3 Å². The summed E-state index contributed by atoms with van der Waals surface area (Å²) in [6, 6.07) is 0. The van der Waals surface area contributed by atoms with Crippen LogP contribution >= 0.6 is 11.3 Å².